The van der Waals surface area contributed by atoms with Gasteiger partial charge in [-0.2, -0.15) is 0 Å². The molecule has 1 aliphatic carbocycles. The van der Waals surface area contributed by atoms with E-state index < -0.39 is 5.97 Å². The average molecular weight is 243 g/mol. The van der Waals surface area contributed by atoms with E-state index in [2.05, 4.69) is 0 Å². The van der Waals surface area contributed by atoms with E-state index in [-0.39, 0.29) is 24.3 Å². The first-order valence-corrected chi connectivity index (χ1v) is 6.22. The maximum atomic E-state index is 12.1. The molecule has 2 N–H and O–H groups in total. The molecule has 2 unspecified atom stereocenters. The molecule has 5 heteroatoms. The topological polar surface area (TPSA) is 77.8 Å². The number of aliphatic hydroxyl groups excluding tert-OH is 1. The molecule has 98 valence electrons. The second-order valence-electron chi connectivity index (χ2n) is 4.54. The third-order valence-corrected chi connectivity index (χ3v) is 3.44. The Balaban J connectivity index is 2.58. The molecule has 0 radical (unpaired) electrons. The van der Waals surface area contributed by atoms with E-state index in [0.29, 0.717) is 25.9 Å². The summed E-state index contributed by atoms with van der Waals surface area (Å²) in [7, 11) is 0. The maximum absolute atomic E-state index is 12.1. The van der Waals surface area contributed by atoms with E-state index in [1.165, 1.54) is 0 Å². The van der Waals surface area contributed by atoms with Crippen molar-refractivity contribution in [3.05, 3.63) is 0 Å². The number of carboxylic acids is 1. The highest BCUT2D eigenvalue weighted by Gasteiger charge is 2.32. The molecule has 0 spiro atoms. The molecule has 1 rings (SSSR count). The van der Waals surface area contributed by atoms with Gasteiger partial charge in [0.2, 0.25) is 5.91 Å². The fourth-order valence-electron chi connectivity index (χ4n) is 2.44. The Bertz CT molecular complexity index is 280. The van der Waals surface area contributed by atoms with Gasteiger partial charge >= 0.3 is 5.97 Å². The molecule has 0 heterocycles. The zero-order valence-corrected chi connectivity index (χ0v) is 10.3. The van der Waals surface area contributed by atoms with Gasteiger partial charge in [0.05, 0.1) is 12.5 Å². The molecule has 2 atom stereocenters. The number of hydrogen-bond donors (Lipinski definition) is 2. The fourth-order valence-corrected chi connectivity index (χ4v) is 2.44. The van der Waals surface area contributed by atoms with Crippen LogP contribution in [0.5, 0.6) is 0 Å². The lowest BCUT2D eigenvalue weighted by Crippen LogP contribution is -2.40. The van der Waals surface area contributed by atoms with Crippen LogP contribution in [0.25, 0.3) is 0 Å². The highest BCUT2D eigenvalue weighted by atomic mass is 16.4. The van der Waals surface area contributed by atoms with E-state index in [9.17, 15) is 9.59 Å². The molecule has 0 aliphatic heterocycles. The summed E-state index contributed by atoms with van der Waals surface area (Å²) in [5.74, 6) is -1.37. The van der Waals surface area contributed by atoms with Crippen molar-refractivity contribution < 1.29 is 19.8 Å². The monoisotopic (exact) mass is 243 g/mol. The molecule has 17 heavy (non-hydrogen) atoms. The summed E-state index contributed by atoms with van der Waals surface area (Å²) in [6.07, 6.45) is 2.68. The third kappa shape index (κ3) is 3.70. The molecular weight excluding hydrogens is 222 g/mol. The first-order valence-electron chi connectivity index (χ1n) is 6.22. The van der Waals surface area contributed by atoms with Gasteiger partial charge in [-0.3, -0.25) is 9.59 Å². The SMILES string of the molecule is CCN(CCO)C(=O)C1CCCC(C(=O)O)C1. The summed E-state index contributed by atoms with van der Waals surface area (Å²) < 4.78 is 0. The number of aliphatic carboxylic acids is 1. The predicted molar refractivity (Wildman–Crippen MR) is 62.4 cm³/mol. The lowest BCUT2D eigenvalue weighted by atomic mass is 9.80. The molecule has 0 bridgehead atoms. The van der Waals surface area contributed by atoms with Crippen LogP contribution in [-0.4, -0.2) is 46.7 Å². The molecule has 0 aromatic rings. The van der Waals surface area contributed by atoms with E-state index >= 15 is 0 Å². The molecular formula is C12H21NO4. The second-order valence-corrected chi connectivity index (χ2v) is 4.54. The first-order chi connectivity index (χ1) is 8.10. The van der Waals surface area contributed by atoms with Crippen molar-refractivity contribution in [2.45, 2.75) is 32.6 Å². The molecule has 5 nitrogen and oxygen atoms in total. The lowest BCUT2D eigenvalue weighted by molar-refractivity contribution is -0.145. The van der Waals surface area contributed by atoms with Crippen LogP contribution in [0.2, 0.25) is 0 Å². The highest BCUT2D eigenvalue weighted by molar-refractivity contribution is 5.80. The average Bonchev–Trinajstić information content (AvgIpc) is 2.35. The van der Waals surface area contributed by atoms with Crippen LogP contribution in [0.1, 0.15) is 32.6 Å². The standard InChI is InChI=1S/C12H21NO4/c1-2-13(6-7-14)11(15)9-4-3-5-10(8-9)12(16)17/h9-10,14H,2-8H2,1H3,(H,16,17). The smallest absolute Gasteiger partial charge is 0.306 e. The number of amides is 1. The van der Waals surface area contributed by atoms with Crippen LogP contribution in [0.3, 0.4) is 0 Å². The molecule has 1 aliphatic rings. The van der Waals surface area contributed by atoms with Gasteiger partial charge in [0.25, 0.3) is 0 Å². The van der Waals surface area contributed by atoms with Gasteiger partial charge in [0.1, 0.15) is 0 Å². The zero-order chi connectivity index (χ0) is 12.8. The molecule has 1 saturated carbocycles. The predicted octanol–water partition coefficient (Wildman–Crippen LogP) is 0.718. The van der Waals surface area contributed by atoms with Crippen molar-refractivity contribution in [1.29, 1.82) is 0 Å². The van der Waals surface area contributed by atoms with Crippen molar-refractivity contribution in [2.24, 2.45) is 11.8 Å². The highest BCUT2D eigenvalue weighted by Crippen LogP contribution is 2.30. The van der Waals surface area contributed by atoms with Crippen LogP contribution in [-0.2, 0) is 9.59 Å². The van der Waals surface area contributed by atoms with Crippen LogP contribution in [0.4, 0.5) is 0 Å². The number of carbonyl (C=O) groups excluding carboxylic acids is 1. The van der Waals surface area contributed by atoms with Gasteiger partial charge in [-0.25, -0.2) is 0 Å². The first kappa shape index (κ1) is 14.0. The van der Waals surface area contributed by atoms with Gasteiger partial charge in [0, 0.05) is 19.0 Å². The van der Waals surface area contributed by atoms with Gasteiger partial charge in [-0.15, -0.1) is 0 Å². The Hall–Kier alpha value is -1.10. The summed E-state index contributed by atoms with van der Waals surface area (Å²) in [6.45, 7) is 2.72. The van der Waals surface area contributed by atoms with Crippen molar-refractivity contribution in [2.75, 3.05) is 19.7 Å². The van der Waals surface area contributed by atoms with Gasteiger partial charge in [-0.05, 0) is 26.2 Å². The normalized spacial score (nSPS) is 24.4. The number of likely N-dealkylation sites (N-methyl/N-ethyl adjacent to an activating group) is 1. The largest absolute Gasteiger partial charge is 0.481 e. The number of nitrogens with zero attached hydrogens (tertiary/aromatic N) is 1. The summed E-state index contributed by atoms with van der Waals surface area (Å²) >= 11 is 0. The molecule has 1 fully saturated rings. The van der Waals surface area contributed by atoms with E-state index in [1.807, 2.05) is 6.92 Å². The Kier molecular flexibility index (Phi) is 5.41. The van der Waals surface area contributed by atoms with Gasteiger partial charge in [-0.1, -0.05) is 6.42 Å². The Morgan fingerprint density at radius 1 is 1.29 bits per heavy atom. The van der Waals surface area contributed by atoms with Crippen molar-refractivity contribution in [3.8, 4) is 0 Å². The number of hydrogen-bond acceptors (Lipinski definition) is 3. The minimum atomic E-state index is -0.798. The van der Waals surface area contributed by atoms with Crippen LogP contribution in [0, 0.1) is 11.8 Å². The molecule has 1 amide bonds. The van der Waals surface area contributed by atoms with Crippen LogP contribution < -0.4 is 0 Å². The van der Waals surface area contributed by atoms with Gasteiger partial charge < -0.3 is 15.1 Å². The zero-order valence-electron chi connectivity index (χ0n) is 10.3. The van der Waals surface area contributed by atoms with Crippen molar-refractivity contribution in [3.63, 3.8) is 0 Å². The lowest BCUT2D eigenvalue weighted by Gasteiger charge is -2.30. The summed E-state index contributed by atoms with van der Waals surface area (Å²) in [5, 5.41) is 17.8. The number of carbonyl (C=O) groups is 2. The molecule has 0 aromatic carbocycles. The van der Waals surface area contributed by atoms with Crippen LogP contribution in [0.15, 0.2) is 0 Å². The molecule has 0 aromatic heterocycles. The van der Waals surface area contributed by atoms with Crippen LogP contribution >= 0.6 is 0 Å². The van der Waals surface area contributed by atoms with Crippen molar-refractivity contribution >= 4 is 11.9 Å². The Morgan fingerprint density at radius 2 is 1.94 bits per heavy atom. The van der Waals surface area contributed by atoms with Gasteiger partial charge in [0.15, 0.2) is 0 Å². The number of rotatable bonds is 5. The summed E-state index contributed by atoms with van der Waals surface area (Å²) in [6, 6.07) is 0. The van der Waals surface area contributed by atoms with Crippen molar-refractivity contribution in [1.82, 2.24) is 4.90 Å². The summed E-state index contributed by atoms with van der Waals surface area (Å²) in [4.78, 5) is 24.6. The quantitative estimate of drug-likeness (QED) is 0.745. The minimum Gasteiger partial charge on any atom is -0.481 e. The fraction of sp³-hybridized carbons (Fsp3) is 0.833. The Labute approximate surface area is 101 Å². The number of carboxylic acid groups (broad SMARTS) is 1. The number of aliphatic hydroxyl groups is 1. The second kappa shape index (κ2) is 6.59. The van der Waals surface area contributed by atoms with E-state index in [4.69, 9.17) is 10.2 Å². The Morgan fingerprint density at radius 3 is 2.47 bits per heavy atom. The third-order valence-electron chi connectivity index (χ3n) is 3.44. The van der Waals surface area contributed by atoms with E-state index in [1.54, 1.807) is 4.90 Å². The molecule has 0 saturated heterocycles. The minimum absolute atomic E-state index is 0.00694. The maximum Gasteiger partial charge on any atom is 0.306 e. The van der Waals surface area contributed by atoms with E-state index in [0.717, 1.165) is 12.8 Å². The summed E-state index contributed by atoms with van der Waals surface area (Å²) in [5.41, 5.74) is 0.